The SMILES string of the molecule is COc1ccc(-c2nc(Cn3nnc(-c4nc(-c5ccc(OC)c(OC)c5)no4)c3C)c(C)o2)cc1. The van der Waals surface area contributed by atoms with E-state index < -0.39 is 0 Å². The molecule has 0 fully saturated rings. The fourth-order valence-electron chi connectivity index (χ4n) is 3.69. The molecule has 0 radical (unpaired) electrons. The van der Waals surface area contributed by atoms with Crippen LogP contribution in [0.25, 0.3) is 34.4 Å². The maximum atomic E-state index is 5.89. The topological polar surface area (TPSA) is 123 Å². The summed E-state index contributed by atoms with van der Waals surface area (Å²) in [7, 11) is 4.78. The van der Waals surface area contributed by atoms with E-state index in [-0.39, 0.29) is 5.89 Å². The molecule has 2 aromatic carbocycles. The summed E-state index contributed by atoms with van der Waals surface area (Å²) < 4.78 is 29.0. The minimum absolute atomic E-state index is 0.263. The summed E-state index contributed by atoms with van der Waals surface area (Å²) in [4.78, 5) is 9.16. The Morgan fingerprint density at radius 3 is 2.31 bits per heavy atom. The molecule has 36 heavy (non-hydrogen) atoms. The Labute approximate surface area is 206 Å². The van der Waals surface area contributed by atoms with Crippen molar-refractivity contribution >= 4 is 0 Å². The molecular formula is C25H24N6O5. The largest absolute Gasteiger partial charge is 0.497 e. The van der Waals surface area contributed by atoms with Crippen LogP contribution in [0.4, 0.5) is 0 Å². The lowest BCUT2D eigenvalue weighted by atomic mass is 10.2. The van der Waals surface area contributed by atoms with Crippen LogP contribution in [0.5, 0.6) is 17.2 Å². The van der Waals surface area contributed by atoms with E-state index in [4.69, 9.17) is 23.2 Å². The highest BCUT2D eigenvalue weighted by molar-refractivity contribution is 5.63. The fourth-order valence-corrected chi connectivity index (χ4v) is 3.69. The molecule has 0 amide bonds. The number of methoxy groups -OCH3 is 3. The molecule has 5 rings (SSSR count). The maximum Gasteiger partial charge on any atom is 0.280 e. The van der Waals surface area contributed by atoms with Gasteiger partial charge in [-0.05, 0) is 56.3 Å². The quantitative estimate of drug-likeness (QED) is 0.311. The zero-order valence-corrected chi connectivity index (χ0v) is 20.5. The molecule has 3 aromatic heterocycles. The number of nitrogens with zero attached hydrogens (tertiary/aromatic N) is 6. The van der Waals surface area contributed by atoms with E-state index in [2.05, 4.69) is 25.4 Å². The molecule has 0 spiro atoms. The average molecular weight is 489 g/mol. The van der Waals surface area contributed by atoms with Crippen molar-refractivity contribution in [1.29, 1.82) is 0 Å². The molecule has 0 atom stereocenters. The summed E-state index contributed by atoms with van der Waals surface area (Å²) in [6.45, 7) is 4.13. The Kier molecular flexibility index (Phi) is 6.11. The number of rotatable bonds is 8. The molecule has 11 nitrogen and oxygen atoms in total. The normalized spacial score (nSPS) is 11.0. The van der Waals surface area contributed by atoms with E-state index in [0.29, 0.717) is 41.2 Å². The molecule has 11 heteroatoms. The highest BCUT2D eigenvalue weighted by atomic mass is 16.5. The lowest BCUT2D eigenvalue weighted by Crippen LogP contribution is -2.05. The first-order chi connectivity index (χ1) is 17.5. The van der Waals surface area contributed by atoms with Gasteiger partial charge in [-0.2, -0.15) is 4.98 Å². The van der Waals surface area contributed by atoms with E-state index in [9.17, 15) is 0 Å². The van der Waals surface area contributed by atoms with Crippen molar-refractivity contribution in [3.05, 3.63) is 59.6 Å². The van der Waals surface area contributed by atoms with Gasteiger partial charge in [-0.25, -0.2) is 9.67 Å². The van der Waals surface area contributed by atoms with Gasteiger partial charge in [-0.15, -0.1) is 5.10 Å². The minimum atomic E-state index is 0.263. The second-order valence-corrected chi connectivity index (χ2v) is 7.92. The number of ether oxygens (including phenoxy) is 3. The molecule has 184 valence electrons. The predicted molar refractivity (Wildman–Crippen MR) is 129 cm³/mol. The van der Waals surface area contributed by atoms with Crippen LogP contribution < -0.4 is 14.2 Å². The van der Waals surface area contributed by atoms with Crippen molar-refractivity contribution in [3.63, 3.8) is 0 Å². The monoisotopic (exact) mass is 488 g/mol. The van der Waals surface area contributed by atoms with E-state index in [0.717, 1.165) is 28.3 Å². The third-order valence-electron chi connectivity index (χ3n) is 5.78. The van der Waals surface area contributed by atoms with Gasteiger partial charge in [0.2, 0.25) is 11.7 Å². The van der Waals surface area contributed by atoms with Gasteiger partial charge in [-0.1, -0.05) is 10.4 Å². The van der Waals surface area contributed by atoms with Gasteiger partial charge < -0.3 is 23.2 Å². The van der Waals surface area contributed by atoms with Crippen molar-refractivity contribution < 1.29 is 23.2 Å². The zero-order chi connectivity index (χ0) is 25.2. The average Bonchev–Trinajstić information content (AvgIpc) is 3.63. The van der Waals surface area contributed by atoms with Crippen LogP contribution in [0, 0.1) is 13.8 Å². The van der Waals surface area contributed by atoms with Crippen LogP contribution in [0.2, 0.25) is 0 Å². The Hall–Kier alpha value is -4.67. The molecule has 0 aliphatic carbocycles. The van der Waals surface area contributed by atoms with Gasteiger partial charge in [0.25, 0.3) is 5.89 Å². The number of hydrogen-bond acceptors (Lipinski definition) is 10. The van der Waals surface area contributed by atoms with Crippen LogP contribution in [-0.4, -0.2) is 51.4 Å². The first kappa shape index (κ1) is 23.1. The molecule has 3 heterocycles. The summed E-state index contributed by atoms with van der Waals surface area (Å²) >= 11 is 0. The first-order valence-electron chi connectivity index (χ1n) is 11.1. The number of oxazole rings is 1. The van der Waals surface area contributed by atoms with Crippen molar-refractivity contribution in [3.8, 4) is 51.7 Å². The smallest absolute Gasteiger partial charge is 0.280 e. The molecule has 0 aliphatic rings. The standard InChI is InChI=1S/C25H24N6O5/c1-14-22(25-27-23(29-36-25)17-8-11-20(33-4)21(12-17)34-5)28-30-31(14)13-19-15(2)35-24(26-19)16-6-9-18(32-3)10-7-16/h6-12H,13H2,1-5H3. The van der Waals surface area contributed by atoms with Gasteiger partial charge in [-0.3, -0.25) is 0 Å². The van der Waals surface area contributed by atoms with Crippen LogP contribution in [0.15, 0.2) is 51.4 Å². The molecule has 0 bridgehead atoms. The Balaban J connectivity index is 1.37. The summed E-state index contributed by atoms with van der Waals surface area (Å²) in [5.41, 5.74) is 3.57. The first-order valence-corrected chi connectivity index (χ1v) is 11.1. The second kappa shape index (κ2) is 9.53. The highest BCUT2D eigenvalue weighted by Crippen LogP contribution is 2.32. The van der Waals surface area contributed by atoms with E-state index in [1.807, 2.05) is 44.2 Å². The minimum Gasteiger partial charge on any atom is -0.497 e. The van der Waals surface area contributed by atoms with E-state index in [1.165, 1.54) is 0 Å². The molecule has 0 saturated carbocycles. The molecule has 0 saturated heterocycles. The van der Waals surface area contributed by atoms with Crippen molar-refractivity contribution in [1.82, 2.24) is 30.1 Å². The lowest BCUT2D eigenvalue weighted by Gasteiger charge is -2.07. The lowest BCUT2D eigenvalue weighted by molar-refractivity contribution is 0.355. The third-order valence-corrected chi connectivity index (χ3v) is 5.78. The Morgan fingerprint density at radius 2 is 1.58 bits per heavy atom. The number of benzene rings is 2. The molecule has 0 N–H and O–H groups in total. The van der Waals surface area contributed by atoms with Gasteiger partial charge in [0.15, 0.2) is 17.2 Å². The summed E-state index contributed by atoms with van der Waals surface area (Å²) in [6.07, 6.45) is 0. The summed E-state index contributed by atoms with van der Waals surface area (Å²) in [5.74, 6) is 3.84. The van der Waals surface area contributed by atoms with Crippen molar-refractivity contribution in [2.75, 3.05) is 21.3 Å². The molecule has 0 aliphatic heterocycles. The number of hydrogen-bond donors (Lipinski definition) is 0. The number of aromatic nitrogens is 6. The van der Waals surface area contributed by atoms with Gasteiger partial charge in [0.05, 0.1) is 33.6 Å². The Bertz CT molecular complexity index is 1500. The third kappa shape index (κ3) is 4.26. The molecular weight excluding hydrogens is 464 g/mol. The zero-order valence-electron chi connectivity index (χ0n) is 20.5. The van der Waals surface area contributed by atoms with Crippen LogP contribution in [-0.2, 0) is 6.54 Å². The summed E-state index contributed by atoms with van der Waals surface area (Å²) in [6, 6.07) is 12.9. The molecule has 5 aromatic rings. The van der Waals surface area contributed by atoms with Gasteiger partial charge in [0.1, 0.15) is 17.2 Å². The van der Waals surface area contributed by atoms with E-state index >= 15 is 0 Å². The summed E-state index contributed by atoms with van der Waals surface area (Å²) in [5, 5.41) is 12.6. The van der Waals surface area contributed by atoms with Crippen LogP contribution in [0.3, 0.4) is 0 Å². The fraction of sp³-hybridized carbons (Fsp3) is 0.240. The van der Waals surface area contributed by atoms with Gasteiger partial charge in [0, 0.05) is 11.1 Å². The number of aryl methyl sites for hydroxylation is 1. The van der Waals surface area contributed by atoms with Crippen LogP contribution in [0.1, 0.15) is 17.1 Å². The van der Waals surface area contributed by atoms with Crippen molar-refractivity contribution in [2.45, 2.75) is 20.4 Å². The van der Waals surface area contributed by atoms with Gasteiger partial charge >= 0.3 is 0 Å². The highest BCUT2D eigenvalue weighted by Gasteiger charge is 2.21. The Morgan fingerprint density at radius 1 is 0.833 bits per heavy atom. The van der Waals surface area contributed by atoms with Crippen molar-refractivity contribution in [2.24, 2.45) is 0 Å². The van der Waals surface area contributed by atoms with E-state index in [1.54, 1.807) is 38.1 Å². The second-order valence-electron chi connectivity index (χ2n) is 7.92. The molecule has 0 unspecified atom stereocenters. The predicted octanol–water partition coefficient (Wildman–Crippen LogP) is 4.34. The van der Waals surface area contributed by atoms with Crippen LogP contribution >= 0.6 is 0 Å². The maximum absolute atomic E-state index is 5.89.